The maximum atomic E-state index is 9.49. The standard InChI is InChI=1S/C25H26N8O/c1-17(2)33-16-28-22-23(27-12-11-18-3-9-21(34)10-4-18)30-25(31-24(22)33)29-19-5-7-20(8-6-19)32-14-13-26-15-32/h3-10,13-17,34H,11-12H2,1-2H3,(H2,27,29,30,31). The minimum atomic E-state index is 0.215. The zero-order chi connectivity index (χ0) is 23.5. The van der Waals surface area contributed by atoms with Gasteiger partial charge in [-0.05, 0) is 62.2 Å². The average Bonchev–Trinajstić information content (AvgIpc) is 3.51. The van der Waals surface area contributed by atoms with E-state index in [-0.39, 0.29) is 11.8 Å². The molecule has 172 valence electrons. The summed E-state index contributed by atoms with van der Waals surface area (Å²) in [6.07, 6.45) is 8.02. The van der Waals surface area contributed by atoms with Gasteiger partial charge in [-0.1, -0.05) is 12.1 Å². The highest BCUT2D eigenvalue weighted by Gasteiger charge is 2.15. The van der Waals surface area contributed by atoms with Crippen LogP contribution < -0.4 is 10.6 Å². The Morgan fingerprint density at radius 2 is 1.76 bits per heavy atom. The number of phenolic OH excluding ortho intramolecular Hbond substituents is 1. The second kappa shape index (κ2) is 9.22. The third-order valence-electron chi connectivity index (χ3n) is 5.55. The van der Waals surface area contributed by atoms with Gasteiger partial charge in [0.2, 0.25) is 5.95 Å². The molecule has 9 nitrogen and oxygen atoms in total. The quantitative estimate of drug-likeness (QED) is 0.312. The third kappa shape index (κ3) is 4.54. The zero-order valence-corrected chi connectivity index (χ0v) is 19.1. The lowest BCUT2D eigenvalue weighted by Crippen LogP contribution is -2.10. The van der Waals surface area contributed by atoms with Gasteiger partial charge in [-0.15, -0.1) is 0 Å². The van der Waals surface area contributed by atoms with Crippen molar-refractivity contribution in [3.8, 4) is 11.4 Å². The van der Waals surface area contributed by atoms with Crippen LogP contribution in [0.4, 0.5) is 17.5 Å². The molecule has 2 aromatic carbocycles. The summed E-state index contributed by atoms with van der Waals surface area (Å²) in [4.78, 5) is 18.1. The summed E-state index contributed by atoms with van der Waals surface area (Å²) in [7, 11) is 0. The molecule has 0 spiro atoms. The van der Waals surface area contributed by atoms with Crippen LogP contribution in [-0.2, 0) is 6.42 Å². The molecular formula is C25H26N8O. The van der Waals surface area contributed by atoms with Crippen molar-refractivity contribution in [1.82, 2.24) is 29.1 Å². The summed E-state index contributed by atoms with van der Waals surface area (Å²) >= 11 is 0. The normalized spacial score (nSPS) is 11.3. The molecule has 0 unspecified atom stereocenters. The number of phenols is 1. The highest BCUT2D eigenvalue weighted by atomic mass is 16.3. The Morgan fingerprint density at radius 1 is 0.971 bits per heavy atom. The fourth-order valence-corrected chi connectivity index (χ4v) is 3.72. The molecule has 3 aromatic heterocycles. The van der Waals surface area contributed by atoms with Crippen LogP contribution >= 0.6 is 0 Å². The van der Waals surface area contributed by atoms with Gasteiger partial charge < -0.3 is 24.9 Å². The molecule has 5 aromatic rings. The molecule has 0 bridgehead atoms. The number of imidazole rings is 2. The molecule has 0 atom stereocenters. The molecule has 0 radical (unpaired) electrons. The Labute approximate surface area is 197 Å². The molecule has 0 aliphatic rings. The number of hydrogen-bond acceptors (Lipinski definition) is 7. The van der Waals surface area contributed by atoms with Gasteiger partial charge in [0.25, 0.3) is 0 Å². The first kappa shape index (κ1) is 21.4. The summed E-state index contributed by atoms with van der Waals surface area (Å²) in [5, 5.41) is 16.2. The summed E-state index contributed by atoms with van der Waals surface area (Å²) in [5.74, 6) is 1.44. The van der Waals surface area contributed by atoms with E-state index in [1.54, 1.807) is 31.0 Å². The highest BCUT2D eigenvalue weighted by Crippen LogP contribution is 2.25. The molecule has 0 saturated heterocycles. The average molecular weight is 455 g/mol. The number of nitrogens with one attached hydrogen (secondary N) is 2. The largest absolute Gasteiger partial charge is 0.508 e. The molecule has 3 heterocycles. The van der Waals surface area contributed by atoms with Crippen molar-refractivity contribution >= 4 is 28.6 Å². The lowest BCUT2D eigenvalue weighted by Gasteiger charge is -2.12. The van der Waals surface area contributed by atoms with E-state index < -0.39 is 0 Å². The minimum Gasteiger partial charge on any atom is -0.508 e. The number of rotatable bonds is 8. The minimum absolute atomic E-state index is 0.215. The van der Waals surface area contributed by atoms with Gasteiger partial charge in [-0.3, -0.25) is 0 Å². The zero-order valence-electron chi connectivity index (χ0n) is 19.1. The van der Waals surface area contributed by atoms with E-state index >= 15 is 0 Å². The number of hydrogen-bond donors (Lipinski definition) is 3. The Morgan fingerprint density at radius 3 is 2.47 bits per heavy atom. The smallest absolute Gasteiger partial charge is 0.231 e. The maximum absolute atomic E-state index is 9.49. The van der Waals surface area contributed by atoms with Gasteiger partial charge in [0.05, 0.1) is 12.7 Å². The van der Waals surface area contributed by atoms with Crippen molar-refractivity contribution in [3.05, 3.63) is 79.1 Å². The van der Waals surface area contributed by atoms with E-state index in [4.69, 9.17) is 9.97 Å². The van der Waals surface area contributed by atoms with Gasteiger partial charge >= 0.3 is 0 Å². The van der Waals surface area contributed by atoms with Gasteiger partial charge in [0.1, 0.15) is 5.75 Å². The van der Waals surface area contributed by atoms with Crippen LogP contribution in [0.2, 0.25) is 0 Å². The molecule has 0 aliphatic carbocycles. The molecule has 5 rings (SSSR count). The molecular weight excluding hydrogens is 428 g/mol. The van der Waals surface area contributed by atoms with E-state index in [1.165, 1.54) is 0 Å². The number of nitrogens with zero attached hydrogens (tertiary/aromatic N) is 6. The monoisotopic (exact) mass is 454 g/mol. The van der Waals surface area contributed by atoms with Crippen molar-refractivity contribution in [2.45, 2.75) is 26.3 Å². The first-order valence-corrected chi connectivity index (χ1v) is 11.2. The van der Waals surface area contributed by atoms with Gasteiger partial charge in [-0.25, -0.2) is 9.97 Å². The number of aromatic hydroxyl groups is 1. The fraction of sp³-hybridized carbons (Fsp3) is 0.200. The molecule has 0 saturated carbocycles. The predicted octanol–water partition coefficient (Wildman–Crippen LogP) is 4.70. The second-order valence-electron chi connectivity index (χ2n) is 8.30. The maximum Gasteiger partial charge on any atom is 0.231 e. The Hall–Kier alpha value is -4.40. The SMILES string of the molecule is CC(C)n1cnc2c(NCCc3ccc(O)cc3)nc(Nc3ccc(-n4ccnc4)cc3)nc21. The number of fused-ring (bicyclic) bond motifs is 1. The molecule has 0 aliphatic heterocycles. The van der Waals surface area contributed by atoms with E-state index in [0.29, 0.717) is 18.3 Å². The van der Waals surface area contributed by atoms with Crippen molar-refractivity contribution in [3.63, 3.8) is 0 Å². The van der Waals surface area contributed by atoms with Crippen molar-refractivity contribution in [2.24, 2.45) is 0 Å². The Balaban J connectivity index is 1.39. The van der Waals surface area contributed by atoms with Crippen LogP contribution in [0.1, 0.15) is 25.5 Å². The van der Waals surface area contributed by atoms with Crippen LogP contribution in [-0.4, -0.2) is 40.7 Å². The van der Waals surface area contributed by atoms with Crippen molar-refractivity contribution in [1.29, 1.82) is 0 Å². The lowest BCUT2D eigenvalue weighted by molar-refractivity contribution is 0.475. The fourth-order valence-electron chi connectivity index (χ4n) is 3.72. The number of aromatic nitrogens is 6. The molecule has 0 amide bonds. The van der Waals surface area contributed by atoms with Crippen LogP contribution in [0, 0.1) is 0 Å². The van der Waals surface area contributed by atoms with E-state index in [9.17, 15) is 5.11 Å². The second-order valence-corrected chi connectivity index (χ2v) is 8.30. The topological polar surface area (TPSA) is 106 Å². The van der Waals surface area contributed by atoms with Crippen molar-refractivity contribution < 1.29 is 5.11 Å². The first-order chi connectivity index (χ1) is 16.6. The Bertz CT molecular complexity index is 1370. The summed E-state index contributed by atoms with van der Waals surface area (Å²) in [5.41, 5.74) is 4.54. The van der Waals surface area contributed by atoms with Crippen LogP contribution in [0.25, 0.3) is 16.9 Å². The van der Waals surface area contributed by atoms with Gasteiger partial charge in [0.15, 0.2) is 17.0 Å². The van der Waals surface area contributed by atoms with Crippen LogP contribution in [0.3, 0.4) is 0 Å². The molecule has 9 heteroatoms. The first-order valence-electron chi connectivity index (χ1n) is 11.2. The summed E-state index contributed by atoms with van der Waals surface area (Å²) < 4.78 is 3.99. The predicted molar refractivity (Wildman–Crippen MR) is 133 cm³/mol. The van der Waals surface area contributed by atoms with E-state index in [0.717, 1.165) is 34.5 Å². The van der Waals surface area contributed by atoms with Crippen LogP contribution in [0.15, 0.2) is 73.6 Å². The summed E-state index contributed by atoms with van der Waals surface area (Å²) in [6.45, 7) is 4.87. The molecule has 3 N–H and O–H groups in total. The third-order valence-corrected chi connectivity index (χ3v) is 5.55. The lowest BCUT2D eigenvalue weighted by atomic mass is 10.1. The molecule has 34 heavy (non-hydrogen) atoms. The van der Waals surface area contributed by atoms with Crippen molar-refractivity contribution in [2.75, 3.05) is 17.2 Å². The van der Waals surface area contributed by atoms with E-state index in [2.05, 4.69) is 34.4 Å². The molecule has 0 fully saturated rings. The van der Waals surface area contributed by atoms with Crippen LogP contribution in [0.5, 0.6) is 5.75 Å². The summed E-state index contributed by atoms with van der Waals surface area (Å²) in [6, 6.07) is 15.4. The number of benzene rings is 2. The highest BCUT2D eigenvalue weighted by molar-refractivity contribution is 5.84. The van der Waals surface area contributed by atoms with E-state index in [1.807, 2.05) is 51.7 Å². The van der Waals surface area contributed by atoms with Gasteiger partial charge in [-0.2, -0.15) is 9.97 Å². The Kier molecular flexibility index (Phi) is 5.82. The van der Waals surface area contributed by atoms with Gasteiger partial charge in [0, 0.05) is 36.4 Å². The number of anilines is 3.